The van der Waals surface area contributed by atoms with E-state index in [4.69, 9.17) is 5.11 Å². The highest BCUT2D eigenvalue weighted by Gasteiger charge is 2.15. The van der Waals surface area contributed by atoms with E-state index in [2.05, 4.69) is 10.3 Å². The lowest BCUT2D eigenvalue weighted by atomic mass is 10.0. The summed E-state index contributed by atoms with van der Waals surface area (Å²) >= 11 is 1.77. The Bertz CT molecular complexity index is 731. The molecule has 0 saturated heterocycles. The number of nitrogens with one attached hydrogen (secondary N) is 1. The number of amides is 1. The largest absolute Gasteiger partial charge is 0.478 e. The summed E-state index contributed by atoms with van der Waals surface area (Å²) in [6.45, 7) is 0.559. The summed E-state index contributed by atoms with van der Waals surface area (Å²) in [4.78, 5) is 29.0. The van der Waals surface area contributed by atoms with Crippen molar-refractivity contribution in [1.82, 2.24) is 10.3 Å². The average molecular weight is 344 g/mol. The lowest BCUT2D eigenvalue weighted by Crippen LogP contribution is -2.27. The van der Waals surface area contributed by atoms with Crippen molar-refractivity contribution < 1.29 is 14.7 Å². The number of hydrogen-bond donors (Lipinski definition) is 2. The maximum Gasteiger partial charge on any atom is 0.335 e. The van der Waals surface area contributed by atoms with Crippen LogP contribution >= 0.6 is 11.3 Å². The second kappa shape index (κ2) is 7.57. The third kappa shape index (κ3) is 4.20. The molecule has 0 bridgehead atoms. The van der Waals surface area contributed by atoms with Crippen molar-refractivity contribution in [3.63, 3.8) is 0 Å². The minimum atomic E-state index is -0.981. The molecule has 126 valence electrons. The van der Waals surface area contributed by atoms with Gasteiger partial charge in [0.15, 0.2) is 0 Å². The summed E-state index contributed by atoms with van der Waals surface area (Å²) < 4.78 is 0. The number of aromatic carboxylic acids is 1. The number of fused-ring (bicyclic) bond motifs is 1. The Morgan fingerprint density at radius 2 is 2.08 bits per heavy atom. The predicted octanol–water partition coefficient (Wildman–Crippen LogP) is 2.62. The number of hydrogen-bond acceptors (Lipinski definition) is 4. The van der Waals surface area contributed by atoms with Gasteiger partial charge in [0, 0.05) is 17.8 Å². The summed E-state index contributed by atoms with van der Waals surface area (Å²) in [6.07, 6.45) is 5.63. The standard InChI is InChI=1S/C18H20N2O3S/c21-16(11-12-4-3-5-13(10-12)18(22)23)19-9-8-17-20-14-6-1-2-7-15(14)24-17/h3-5,10H,1-2,6-9,11H2,(H,19,21)(H,22,23). The fraction of sp³-hybridized carbons (Fsp3) is 0.389. The van der Waals surface area contributed by atoms with E-state index in [1.54, 1.807) is 23.5 Å². The summed E-state index contributed by atoms with van der Waals surface area (Å²) in [5, 5.41) is 13.0. The Hall–Kier alpha value is -2.21. The molecule has 24 heavy (non-hydrogen) atoms. The zero-order chi connectivity index (χ0) is 16.9. The van der Waals surface area contributed by atoms with Crippen LogP contribution in [0, 0.1) is 0 Å². The van der Waals surface area contributed by atoms with E-state index in [-0.39, 0.29) is 17.9 Å². The smallest absolute Gasteiger partial charge is 0.335 e. The predicted molar refractivity (Wildman–Crippen MR) is 92.6 cm³/mol. The molecule has 0 fully saturated rings. The molecule has 2 N–H and O–H groups in total. The second-order valence-electron chi connectivity index (χ2n) is 5.97. The molecule has 1 aliphatic carbocycles. The van der Waals surface area contributed by atoms with Crippen LogP contribution in [0.5, 0.6) is 0 Å². The van der Waals surface area contributed by atoms with Crippen molar-refractivity contribution >= 4 is 23.2 Å². The highest BCUT2D eigenvalue weighted by molar-refractivity contribution is 7.11. The second-order valence-corrected chi connectivity index (χ2v) is 7.14. The van der Waals surface area contributed by atoms with Gasteiger partial charge in [-0.3, -0.25) is 4.79 Å². The van der Waals surface area contributed by atoms with E-state index >= 15 is 0 Å². The van der Waals surface area contributed by atoms with E-state index in [1.807, 2.05) is 0 Å². The van der Waals surface area contributed by atoms with Gasteiger partial charge in [-0.15, -0.1) is 11.3 Å². The van der Waals surface area contributed by atoms with Crippen LogP contribution in [0.4, 0.5) is 0 Å². The van der Waals surface area contributed by atoms with Crippen LogP contribution < -0.4 is 5.32 Å². The molecule has 1 aromatic carbocycles. The van der Waals surface area contributed by atoms with Crippen molar-refractivity contribution in [2.75, 3.05) is 6.54 Å². The van der Waals surface area contributed by atoms with Gasteiger partial charge in [0.05, 0.1) is 22.7 Å². The summed E-state index contributed by atoms with van der Waals surface area (Å²) in [6, 6.07) is 6.48. The number of carboxylic acid groups (broad SMARTS) is 1. The molecule has 0 atom stereocenters. The number of aromatic nitrogens is 1. The molecule has 0 unspecified atom stereocenters. The molecule has 0 aliphatic heterocycles. The number of thiazole rings is 1. The lowest BCUT2D eigenvalue weighted by Gasteiger charge is -2.06. The lowest BCUT2D eigenvalue weighted by molar-refractivity contribution is -0.120. The van der Waals surface area contributed by atoms with E-state index < -0.39 is 5.97 Å². The third-order valence-corrected chi connectivity index (χ3v) is 5.31. The van der Waals surface area contributed by atoms with Gasteiger partial charge in [-0.1, -0.05) is 12.1 Å². The van der Waals surface area contributed by atoms with Crippen LogP contribution in [-0.2, 0) is 30.5 Å². The van der Waals surface area contributed by atoms with Crippen molar-refractivity contribution in [3.8, 4) is 0 Å². The quantitative estimate of drug-likeness (QED) is 0.844. The van der Waals surface area contributed by atoms with E-state index in [9.17, 15) is 9.59 Å². The van der Waals surface area contributed by atoms with Crippen molar-refractivity contribution in [2.45, 2.75) is 38.5 Å². The Morgan fingerprint density at radius 1 is 1.25 bits per heavy atom. The first-order valence-corrected chi connectivity index (χ1v) is 9.00. The Balaban J connectivity index is 1.48. The molecule has 0 spiro atoms. The van der Waals surface area contributed by atoms with Crippen LogP contribution in [0.1, 0.15) is 44.3 Å². The molecule has 0 radical (unpaired) electrons. The molecule has 6 heteroatoms. The van der Waals surface area contributed by atoms with Gasteiger partial charge in [0.25, 0.3) is 0 Å². The molecular weight excluding hydrogens is 324 g/mol. The summed E-state index contributed by atoms with van der Waals surface area (Å²) in [7, 11) is 0. The van der Waals surface area contributed by atoms with Crippen LogP contribution in [0.3, 0.4) is 0 Å². The van der Waals surface area contributed by atoms with Gasteiger partial charge >= 0.3 is 5.97 Å². The van der Waals surface area contributed by atoms with Gasteiger partial charge in [0.2, 0.25) is 5.91 Å². The van der Waals surface area contributed by atoms with Gasteiger partial charge in [-0.25, -0.2) is 9.78 Å². The van der Waals surface area contributed by atoms with Gasteiger partial charge in [-0.05, 0) is 43.4 Å². The number of carboxylic acids is 1. The number of rotatable bonds is 6. The van der Waals surface area contributed by atoms with Crippen molar-refractivity contribution in [2.24, 2.45) is 0 Å². The fourth-order valence-corrected chi connectivity index (χ4v) is 4.04. The maximum atomic E-state index is 12.0. The minimum Gasteiger partial charge on any atom is -0.478 e. The molecule has 3 rings (SSSR count). The Kier molecular flexibility index (Phi) is 5.25. The number of benzene rings is 1. The van der Waals surface area contributed by atoms with Crippen LogP contribution in [0.2, 0.25) is 0 Å². The molecule has 1 aromatic heterocycles. The monoisotopic (exact) mass is 344 g/mol. The fourth-order valence-electron chi connectivity index (χ4n) is 2.88. The third-order valence-electron chi connectivity index (χ3n) is 4.09. The molecule has 2 aromatic rings. The maximum absolute atomic E-state index is 12.0. The normalized spacial score (nSPS) is 13.3. The molecule has 1 amide bonds. The number of carbonyl (C=O) groups excluding carboxylic acids is 1. The first kappa shape index (κ1) is 16.6. The first-order valence-electron chi connectivity index (χ1n) is 8.18. The van der Waals surface area contributed by atoms with Crippen LogP contribution in [0.25, 0.3) is 0 Å². The van der Waals surface area contributed by atoms with E-state index in [0.29, 0.717) is 12.1 Å². The van der Waals surface area contributed by atoms with Crippen LogP contribution in [-0.4, -0.2) is 28.5 Å². The topological polar surface area (TPSA) is 79.3 Å². The molecule has 1 aliphatic rings. The van der Waals surface area contributed by atoms with Crippen molar-refractivity contribution in [1.29, 1.82) is 0 Å². The SMILES string of the molecule is O=C(Cc1cccc(C(=O)O)c1)NCCc1nc2c(s1)CCCC2. The first-order chi connectivity index (χ1) is 11.6. The van der Waals surface area contributed by atoms with Crippen molar-refractivity contribution in [3.05, 3.63) is 51.0 Å². The van der Waals surface area contributed by atoms with Gasteiger partial charge < -0.3 is 10.4 Å². The summed E-state index contributed by atoms with van der Waals surface area (Å²) in [5.41, 5.74) is 2.16. The minimum absolute atomic E-state index is 0.0983. The van der Waals surface area contributed by atoms with E-state index in [0.717, 1.165) is 24.3 Å². The molecule has 5 nitrogen and oxygen atoms in total. The van der Waals surface area contributed by atoms with E-state index in [1.165, 1.54) is 35.5 Å². The molecule has 0 saturated carbocycles. The zero-order valence-electron chi connectivity index (χ0n) is 13.4. The van der Waals surface area contributed by atoms with Gasteiger partial charge in [0.1, 0.15) is 0 Å². The average Bonchev–Trinajstić information content (AvgIpc) is 2.97. The Labute approximate surface area is 144 Å². The number of carbonyl (C=O) groups is 2. The zero-order valence-corrected chi connectivity index (χ0v) is 14.2. The number of aryl methyl sites for hydroxylation is 2. The highest BCUT2D eigenvalue weighted by atomic mass is 32.1. The Morgan fingerprint density at radius 3 is 2.88 bits per heavy atom. The molecule has 1 heterocycles. The van der Waals surface area contributed by atoms with Crippen LogP contribution in [0.15, 0.2) is 24.3 Å². The number of nitrogens with zero attached hydrogens (tertiary/aromatic N) is 1. The summed E-state index contributed by atoms with van der Waals surface area (Å²) in [5.74, 6) is -1.08. The van der Waals surface area contributed by atoms with Gasteiger partial charge in [-0.2, -0.15) is 0 Å². The molecular formula is C18H20N2O3S. The highest BCUT2D eigenvalue weighted by Crippen LogP contribution is 2.26.